The summed E-state index contributed by atoms with van der Waals surface area (Å²) in [6.07, 6.45) is 3.31. The van der Waals surface area contributed by atoms with Gasteiger partial charge in [-0.1, -0.05) is 25.7 Å². The molecule has 0 saturated heterocycles. The maximum absolute atomic E-state index is 4.14. The summed E-state index contributed by atoms with van der Waals surface area (Å²) < 4.78 is 1.84. The molecule has 1 N–H and O–H groups in total. The first-order valence-electron chi connectivity index (χ1n) is 6.47. The van der Waals surface area contributed by atoms with Crippen LogP contribution in [0.25, 0.3) is 10.9 Å². The van der Waals surface area contributed by atoms with Crippen LogP contribution in [0.1, 0.15) is 5.56 Å². The predicted molar refractivity (Wildman–Crippen MR) is 80.4 cm³/mol. The van der Waals surface area contributed by atoms with E-state index in [1.807, 2.05) is 4.68 Å². The summed E-state index contributed by atoms with van der Waals surface area (Å²) in [5.74, 6) is 0. The highest BCUT2D eigenvalue weighted by molar-refractivity contribution is 6.88. The van der Waals surface area contributed by atoms with Crippen LogP contribution in [0.5, 0.6) is 0 Å². The third-order valence-electron chi connectivity index (χ3n) is 3.30. The largest absolute Gasteiger partial charge is 0.362 e. The van der Waals surface area contributed by atoms with Crippen molar-refractivity contribution in [2.75, 3.05) is 0 Å². The van der Waals surface area contributed by atoms with E-state index in [1.54, 1.807) is 12.7 Å². The standard InChI is InChI=1S/C14H18N4Si/c1-19(2,3)14-7-12-6-11(4-5-13(12)17-14)8-18-10-15-9-16-18/h4-7,9-10,17H,8H2,1-3H3. The lowest BCUT2D eigenvalue weighted by atomic mass is 10.1. The zero-order valence-corrected chi connectivity index (χ0v) is 12.5. The van der Waals surface area contributed by atoms with Gasteiger partial charge in [0.25, 0.3) is 0 Å². The first kappa shape index (κ1) is 12.2. The van der Waals surface area contributed by atoms with Crippen molar-refractivity contribution in [1.29, 1.82) is 0 Å². The van der Waals surface area contributed by atoms with E-state index in [-0.39, 0.29) is 0 Å². The van der Waals surface area contributed by atoms with Crippen molar-refractivity contribution < 1.29 is 0 Å². The van der Waals surface area contributed by atoms with E-state index in [0.717, 1.165) is 6.54 Å². The molecule has 5 heteroatoms. The number of nitrogens with zero attached hydrogens (tertiary/aromatic N) is 3. The van der Waals surface area contributed by atoms with Crippen LogP contribution in [-0.2, 0) is 6.54 Å². The molecule has 3 rings (SSSR count). The van der Waals surface area contributed by atoms with E-state index < -0.39 is 8.07 Å². The Kier molecular flexibility index (Phi) is 2.78. The minimum atomic E-state index is -1.28. The van der Waals surface area contributed by atoms with E-state index in [9.17, 15) is 0 Å². The first-order chi connectivity index (χ1) is 9.02. The monoisotopic (exact) mass is 270 g/mol. The predicted octanol–water partition coefficient (Wildman–Crippen LogP) is 2.35. The highest BCUT2D eigenvalue weighted by Gasteiger charge is 2.18. The van der Waals surface area contributed by atoms with E-state index in [1.165, 1.54) is 21.8 Å². The van der Waals surface area contributed by atoms with Crippen LogP contribution in [0.2, 0.25) is 19.6 Å². The smallest absolute Gasteiger partial charge is 0.137 e. The zero-order valence-electron chi connectivity index (χ0n) is 11.5. The highest BCUT2D eigenvalue weighted by atomic mass is 28.3. The molecule has 1 aromatic carbocycles. The van der Waals surface area contributed by atoms with Crippen molar-refractivity contribution in [2.24, 2.45) is 0 Å². The lowest BCUT2D eigenvalue weighted by molar-refractivity contribution is 0.685. The van der Waals surface area contributed by atoms with Gasteiger partial charge in [0.05, 0.1) is 14.6 Å². The number of aromatic nitrogens is 4. The molecule has 0 aliphatic rings. The molecule has 0 radical (unpaired) electrons. The molecule has 0 bridgehead atoms. The van der Waals surface area contributed by atoms with Gasteiger partial charge in [0, 0.05) is 5.52 Å². The number of aromatic amines is 1. The van der Waals surface area contributed by atoms with Gasteiger partial charge in [-0.05, 0) is 34.5 Å². The molecule has 3 aromatic rings. The summed E-state index contributed by atoms with van der Waals surface area (Å²) in [5, 5.41) is 6.83. The number of H-pyrrole nitrogens is 1. The van der Waals surface area contributed by atoms with Crippen LogP contribution in [0.4, 0.5) is 0 Å². The molecule has 2 heterocycles. The lowest BCUT2D eigenvalue weighted by Gasteiger charge is -2.12. The van der Waals surface area contributed by atoms with Crippen LogP contribution in [0.3, 0.4) is 0 Å². The van der Waals surface area contributed by atoms with Gasteiger partial charge in [0.15, 0.2) is 0 Å². The number of rotatable bonds is 3. The minimum Gasteiger partial charge on any atom is -0.362 e. The second-order valence-electron chi connectivity index (χ2n) is 5.95. The summed E-state index contributed by atoms with van der Waals surface area (Å²) in [6.45, 7) is 7.83. The third-order valence-corrected chi connectivity index (χ3v) is 5.19. The fourth-order valence-electron chi connectivity index (χ4n) is 2.19. The molecule has 0 saturated carbocycles. The summed E-state index contributed by atoms with van der Waals surface area (Å²) >= 11 is 0. The summed E-state index contributed by atoms with van der Waals surface area (Å²) in [4.78, 5) is 7.52. The van der Waals surface area contributed by atoms with Gasteiger partial charge in [0.2, 0.25) is 0 Å². The fourth-order valence-corrected chi connectivity index (χ4v) is 3.28. The zero-order chi connectivity index (χ0) is 13.5. The highest BCUT2D eigenvalue weighted by Crippen LogP contribution is 2.16. The molecule has 4 nitrogen and oxygen atoms in total. The fraction of sp³-hybridized carbons (Fsp3) is 0.286. The van der Waals surface area contributed by atoms with Gasteiger partial charge in [0.1, 0.15) is 12.7 Å². The molecule has 98 valence electrons. The van der Waals surface area contributed by atoms with Gasteiger partial charge < -0.3 is 4.98 Å². The summed E-state index contributed by atoms with van der Waals surface area (Å²) in [5.41, 5.74) is 2.47. The van der Waals surface area contributed by atoms with E-state index >= 15 is 0 Å². The lowest BCUT2D eigenvalue weighted by Crippen LogP contribution is -2.38. The van der Waals surface area contributed by atoms with Crippen LogP contribution in [0, 0.1) is 0 Å². The van der Waals surface area contributed by atoms with Crippen molar-refractivity contribution in [1.82, 2.24) is 19.7 Å². The first-order valence-corrected chi connectivity index (χ1v) is 9.97. The average Bonchev–Trinajstić information content (AvgIpc) is 2.95. The second kappa shape index (κ2) is 4.34. The number of hydrogen-bond donors (Lipinski definition) is 1. The summed E-state index contributed by atoms with van der Waals surface area (Å²) in [6, 6.07) is 8.84. The molecular weight excluding hydrogens is 252 g/mol. The van der Waals surface area contributed by atoms with Gasteiger partial charge >= 0.3 is 0 Å². The Bertz CT molecular complexity index is 692. The Hall–Kier alpha value is -1.88. The molecule has 0 spiro atoms. The number of hydrogen-bond acceptors (Lipinski definition) is 2. The Morgan fingerprint density at radius 2 is 2.05 bits per heavy atom. The van der Waals surface area contributed by atoms with E-state index in [4.69, 9.17) is 0 Å². The Morgan fingerprint density at radius 3 is 2.74 bits per heavy atom. The van der Waals surface area contributed by atoms with Crippen LogP contribution < -0.4 is 5.32 Å². The molecule has 19 heavy (non-hydrogen) atoms. The number of benzene rings is 1. The topological polar surface area (TPSA) is 46.5 Å². The maximum atomic E-state index is 4.14. The average molecular weight is 270 g/mol. The van der Waals surface area contributed by atoms with Crippen molar-refractivity contribution in [3.63, 3.8) is 0 Å². The molecule has 0 atom stereocenters. The quantitative estimate of drug-likeness (QED) is 0.743. The van der Waals surface area contributed by atoms with Gasteiger partial charge in [-0.3, -0.25) is 0 Å². The van der Waals surface area contributed by atoms with Gasteiger partial charge in [-0.15, -0.1) is 0 Å². The van der Waals surface area contributed by atoms with Crippen LogP contribution in [-0.4, -0.2) is 27.8 Å². The van der Waals surface area contributed by atoms with Crippen molar-refractivity contribution in [3.8, 4) is 0 Å². The van der Waals surface area contributed by atoms with Crippen LogP contribution >= 0.6 is 0 Å². The number of nitrogens with one attached hydrogen (secondary N) is 1. The molecule has 0 aliphatic carbocycles. The van der Waals surface area contributed by atoms with Gasteiger partial charge in [-0.2, -0.15) is 5.10 Å². The molecule has 0 amide bonds. The molecule has 0 unspecified atom stereocenters. The van der Waals surface area contributed by atoms with Crippen molar-refractivity contribution in [3.05, 3.63) is 42.5 Å². The number of fused-ring (bicyclic) bond motifs is 1. The Balaban J connectivity index is 1.96. The SMILES string of the molecule is C[Si](C)(C)c1cc2cc(Cn3cncn3)ccc2[nH]1. The van der Waals surface area contributed by atoms with Crippen molar-refractivity contribution >= 4 is 24.3 Å². The molecular formula is C14H18N4Si. The van der Waals surface area contributed by atoms with E-state index in [0.29, 0.717) is 0 Å². The molecule has 0 aliphatic heterocycles. The maximum Gasteiger partial charge on any atom is 0.137 e. The van der Waals surface area contributed by atoms with Crippen LogP contribution in [0.15, 0.2) is 36.9 Å². The molecule has 2 aromatic heterocycles. The van der Waals surface area contributed by atoms with Gasteiger partial charge in [-0.25, -0.2) is 9.67 Å². The van der Waals surface area contributed by atoms with Crippen molar-refractivity contribution in [2.45, 2.75) is 26.2 Å². The third kappa shape index (κ3) is 2.46. The minimum absolute atomic E-state index is 0.767. The Labute approximate surface area is 113 Å². The summed E-state index contributed by atoms with van der Waals surface area (Å²) in [7, 11) is -1.28. The van der Waals surface area contributed by atoms with E-state index in [2.05, 4.69) is 59.0 Å². The molecule has 0 fully saturated rings. The Morgan fingerprint density at radius 1 is 1.21 bits per heavy atom. The second-order valence-corrected chi connectivity index (χ2v) is 11.0. The normalized spacial score (nSPS) is 12.2.